The molecule has 0 spiro atoms. The maximum atomic E-state index is 13.2. The zero-order chi connectivity index (χ0) is 68.8. The van der Waals surface area contributed by atoms with Crippen LogP contribution in [0.25, 0.3) is 12.2 Å². The molecule has 0 bridgehead atoms. The Balaban J connectivity index is 0.000000404. The molecule has 5 aromatic carbocycles. The van der Waals surface area contributed by atoms with E-state index in [1.54, 1.807) is 95.5 Å². The second kappa shape index (κ2) is 39.0. The first-order chi connectivity index (χ1) is 43.8. The highest BCUT2D eigenvalue weighted by Gasteiger charge is 2.28. The van der Waals surface area contributed by atoms with Crippen LogP contribution in [0.15, 0.2) is 146 Å². The van der Waals surface area contributed by atoms with Gasteiger partial charge in [-0.05, 0) is 170 Å². The lowest BCUT2D eigenvalue weighted by molar-refractivity contribution is -0.209. The van der Waals surface area contributed by atoms with Crippen molar-refractivity contribution in [3.05, 3.63) is 207 Å². The zero-order valence-corrected chi connectivity index (χ0v) is 59.8. The van der Waals surface area contributed by atoms with Crippen molar-refractivity contribution < 1.29 is 72.4 Å². The summed E-state index contributed by atoms with van der Waals surface area (Å²) in [4.78, 5) is 52.2. The van der Waals surface area contributed by atoms with E-state index in [1.165, 1.54) is 0 Å². The molecule has 506 valence electrons. The van der Waals surface area contributed by atoms with Crippen molar-refractivity contribution in [3.63, 3.8) is 0 Å². The van der Waals surface area contributed by atoms with Gasteiger partial charge in [0.15, 0.2) is 11.6 Å². The predicted molar refractivity (Wildman–Crippen MR) is 376 cm³/mol. The van der Waals surface area contributed by atoms with Crippen molar-refractivity contribution in [3.8, 4) is 5.75 Å². The third-order valence-electron chi connectivity index (χ3n) is 14.3. The molecule has 0 amide bonds. The van der Waals surface area contributed by atoms with Crippen LogP contribution in [0.5, 0.6) is 5.75 Å². The molecule has 0 aliphatic heterocycles. The third-order valence-corrected chi connectivity index (χ3v) is 17.7. The minimum atomic E-state index is -1.43. The number of benzene rings is 5. The number of esters is 4. The van der Waals surface area contributed by atoms with Crippen molar-refractivity contribution in [2.75, 3.05) is 33.5 Å². The summed E-state index contributed by atoms with van der Waals surface area (Å²) in [6.45, 7) is 29.3. The first kappa shape index (κ1) is 78.4. The summed E-state index contributed by atoms with van der Waals surface area (Å²) >= 11 is 0. The van der Waals surface area contributed by atoms with Gasteiger partial charge in [-0.2, -0.15) is 0 Å². The number of ether oxygens (including phenoxy) is 8. The highest BCUT2D eigenvalue weighted by atomic mass is 28.3. The molecule has 5 rings (SSSR count). The van der Waals surface area contributed by atoms with E-state index >= 15 is 0 Å². The number of carbonyl (C=O) groups is 4. The average molecular weight is 1310 g/mol. The second-order valence-electron chi connectivity index (χ2n) is 26.8. The van der Waals surface area contributed by atoms with Gasteiger partial charge < -0.3 is 53.2 Å². The predicted octanol–water partition coefficient (Wildman–Crippen LogP) is 16.0. The lowest BCUT2D eigenvalue weighted by Crippen LogP contribution is -2.33. The molecule has 0 aromatic heterocycles. The fourth-order valence-corrected chi connectivity index (χ4v) is 11.2. The van der Waals surface area contributed by atoms with E-state index in [0.717, 1.165) is 56.8 Å². The SMILES string of the molecule is COc1ccc(COCC/C=C\C(C[C@H](C/C=C/c2cc(C)cc(C)c2C(=O)OCC[Si](C)(C)C)OC(C)(C)O)OC(=O)c2ccccc2)cc1.Cc1cc(C)c(C(=O)OCC[Si](C)(C)C)c(/C=C/C[C@@H](CC(/C=C\CCO)OC(=O)c2ccccc2)OC(C)(C)O)c1. The summed E-state index contributed by atoms with van der Waals surface area (Å²) < 4.78 is 46.2. The van der Waals surface area contributed by atoms with Crippen molar-refractivity contribution >= 4 is 52.2 Å². The Morgan fingerprint density at radius 1 is 0.527 bits per heavy atom. The van der Waals surface area contributed by atoms with E-state index in [4.69, 9.17) is 37.9 Å². The van der Waals surface area contributed by atoms with E-state index in [-0.39, 0.29) is 31.4 Å². The van der Waals surface area contributed by atoms with Crippen LogP contribution < -0.4 is 4.74 Å². The van der Waals surface area contributed by atoms with Gasteiger partial charge >= 0.3 is 23.9 Å². The molecule has 3 N–H and O–H groups in total. The summed E-state index contributed by atoms with van der Waals surface area (Å²) in [5.41, 5.74) is 8.25. The van der Waals surface area contributed by atoms with Crippen LogP contribution in [0.3, 0.4) is 0 Å². The molecule has 0 aliphatic carbocycles. The number of rotatable bonds is 36. The van der Waals surface area contributed by atoms with E-state index < -0.39 is 64.1 Å². The molecule has 0 saturated heterocycles. The number of hydrogen-bond donors (Lipinski definition) is 3. The standard InChI is InChI=1S/C42H56O8Si.C34H48O7Si/c1-31-27-32(2)39(41(44)48-25-26-51(6,7)8)35(28-31)17-14-19-38(50-42(3,4)45)29-37(49-40(43)34-15-10-9-11-16-34)18-12-13-24-47-30-33-20-22-36(46-5)23-21-33;1-25-22-26(2)31(33(37)39-20-21-42(5,6)7)28(23-25)16-13-18-30(41-34(3,4)38)24-29(17-11-12-19-35)40-32(36)27-14-9-8-10-15-27/h9-12,14-18,20-23,27-28,37-38,45H,13,19,24-26,29-30H2,1-8H3;8-11,13-17,22-23,29-30,35,38H,12,18-21,24H2,1-7H3/b17-14+,18-12-;16-13+,17-11-/t37?,38-;29?,30-/m00/s1. The fourth-order valence-electron chi connectivity index (χ4n) is 9.80. The number of aliphatic hydroxyl groups excluding tert-OH is 1. The lowest BCUT2D eigenvalue weighted by atomic mass is 9.97. The van der Waals surface area contributed by atoms with Gasteiger partial charge in [-0.25, -0.2) is 19.2 Å². The van der Waals surface area contributed by atoms with E-state index in [2.05, 4.69) is 39.3 Å². The largest absolute Gasteiger partial charge is 0.497 e. The van der Waals surface area contributed by atoms with Crippen LogP contribution in [0.4, 0.5) is 0 Å². The smallest absolute Gasteiger partial charge is 0.338 e. The first-order valence-electron chi connectivity index (χ1n) is 32.2. The van der Waals surface area contributed by atoms with Crippen molar-refractivity contribution in [1.82, 2.24) is 0 Å². The number of aryl methyl sites for hydroxylation is 4. The Kier molecular flexibility index (Phi) is 32.8. The van der Waals surface area contributed by atoms with Crippen LogP contribution in [0.1, 0.15) is 147 Å². The summed E-state index contributed by atoms with van der Waals surface area (Å²) in [5, 5.41) is 30.3. The number of aliphatic hydroxyl groups is 3. The van der Waals surface area contributed by atoms with Gasteiger partial charge in [0.05, 0.1) is 68.0 Å². The van der Waals surface area contributed by atoms with Crippen LogP contribution in [-0.2, 0) is 39.8 Å². The highest BCUT2D eigenvalue weighted by Crippen LogP contribution is 2.27. The summed E-state index contributed by atoms with van der Waals surface area (Å²) in [7, 11) is -1.07. The van der Waals surface area contributed by atoms with Gasteiger partial charge in [-0.3, -0.25) is 0 Å². The Morgan fingerprint density at radius 2 is 0.935 bits per heavy atom. The van der Waals surface area contributed by atoms with Crippen LogP contribution in [0, 0.1) is 27.7 Å². The van der Waals surface area contributed by atoms with Gasteiger partial charge in [-0.1, -0.05) is 160 Å². The molecular weight excluding hydrogens is 1210 g/mol. The van der Waals surface area contributed by atoms with Crippen LogP contribution in [-0.4, -0.2) is 125 Å². The second-order valence-corrected chi connectivity index (χ2v) is 38.0. The monoisotopic (exact) mass is 1310 g/mol. The molecule has 0 saturated carbocycles. The number of carbonyl (C=O) groups excluding carboxylic acids is 4. The molecule has 4 atom stereocenters. The van der Waals surface area contributed by atoms with E-state index in [1.807, 2.05) is 125 Å². The Hall–Kier alpha value is -7.07. The molecule has 93 heavy (non-hydrogen) atoms. The minimum Gasteiger partial charge on any atom is -0.497 e. The molecule has 2 unspecified atom stereocenters. The molecule has 0 fully saturated rings. The average Bonchev–Trinajstić information content (AvgIpc) is 0.891. The molecule has 0 aliphatic rings. The fraction of sp³-hybridized carbons (Fsp3) is 0.447. The summed E-state index contributed by atoms with van der Waals surface area (Å²) in [6, 6.07) is 34.9. The normalized spacial score (nSPS) is 13.6. The van der Waals surface area contributed by atoms with Crippen molar-refractivity contribution in [2.24, 2.45) is 0 Å². The molecular formula is C76H104O15Si2. The van der Waals surface area contributed by atoms with Gasteiger partial charge in [0.2, 0.25) is 0 Å². The van der Waals surface area contributed by atoms with E-state index in [9.17, 15) is 34.5 Å². The quantitative estimate of drug-likeness (QED) is 0.00853. The minimum absolute atomic E-state index is 0.0268. The van der Waals surface area contributed by atoms with Gasteiger partial charge in [0, 0.05) is 35.6 Å². The summed E-state index contributed by atoms with van der Waals surface area (Å²) in [5.74, 6) is -3.66. The maximum absolute atomic E-state index is 13.2. The molecule has 15 nitrogen and oxygen atoms in total. The van der Waals surface area contributed by atoms with Crippen molar-refractivity contribution in [1.29, 1.82) is 0 Å². The Bertz CT molecular complexity index is 3220. The zero-order valence-electron chi connectivity index (χ0n) is 57.8. The van der Waals surface area contributed by atoms with Gasteiger partial charge in [0.25, 0.3) is 0 Å². The third kappa shape index (κ3) is 32.1. The van der Waals surface area contributed by atoms with Crippen LogP contribution >= 0.6 is 0 Å². The maximum Gasteiger partial charge on any atom is 0.338 e. The lowest BCUT2D eigenvalue weighted by Gasteiger charge is -2.28. The Morgan fingerprint density at radius 3 is 1.31 bits per heavy atom. The Labute approximate surface area is 555 Å². The first-order valence-corrected chi connectivity index (χ1v) is 39.6. The molecule has 5 aromatic rings. The van der Waals surface area contributed by atoms with E-state index in [0.29, 0.717) is 74.4 Å². The highest BCUT2D eigenvalue weighted by molar-refractivity contribution is 6.76. The van der Waals surface area contributed by atoms with Crippen molar-refractivity contribution in [2.45, 2.75) is 188 Å². The number of hydrogen-bond acceptors (Lipinski definition) is 15. The van der Waals surface area contributed by atoms with Gasteiger partial charge in [-0.15, -0.1) is 0 Å². The topological polar surface area (TPSA) is 203 Å². The summed E-state index contributed by atoms with van der Waals surface area (Å²) in [6.07, 6.45) is 14.9. The van der Waals surface area contributed by atoms with Gasteiger partial charge in [0.1, 0.15) is 18.0 Å². The molecule has 0 radical (unpaired) electrons. The van der Waals surface area contributed by atoms with Crippen LogP contribution in [0.2, 0.25) is 51.4 Å². The molecule has 17 heteroatoms. The molecule has 0 heterocycles. The number of methoxy groups -OCH3 is 1.